The minimum Gasteiger partial charge on any atom is -0.313 e. The quantitative estimate of drug-likeness (QED) is 0.806. The fraction of sp³-hybridized carbons (Fsp3) is 0.500. The van der Waals surface area contributed by atoms with Gasteiger partial charge in [-0.25, -0.2) is 4.39 Å². The Balaban J connectivity index is 2.30. The summed E-state index contributed by atoms with van der Waals surface area (Å²) in [7, 11) is 0. The number of benzene rings is 1. The molecule has 98 valence electrons. The summed E-state index contributed by atoms with van der Waals surface area (Å²) in [4.78, 5) is 0. The molecular weight excluding hydrogens is 295 g/mol. The van der Waals surface area contributed by atoms with Gasteiger partial charge >= 0.3 is 0 Å². The van der Waals surface area contributed by atoms with Crippen LogP contribution in [-0.2, 0) is 6.54 Å². The van der Waals surface area contributed by atoms with Crippen LogP contribution in [0.3, 0.4) is 0 Å². The standard InChI is InChI=1S/C14H18BrFN2/c1-14(2,10-17)6-3-7-18-9-11-8-12(15)4-5-13(11)16/h4-5,8,18H,3,6-7,9H2,1-2H3. The summed E-state index contributed by atoms with van der Waals surface area (Å²) in [5, 5.41) is 12.1. The van der Waals surface area contributed by atoms with E-state index in [1.807, 2.05) is 13.8 Å². The molecule has 18 heavy (non-hydrogen) atoms. The number of nitrogens with one attached hydrogen (secondary N) is 1. The first kappa shape index (κ1) is 15.1. The highest BCUT2D eigenvalue weighted by Crippen LogP contribution is 2.20. The van der Waals surface area contributed by atoms with E-state index in [0.717, 1.165) is 23.9 Å². The highest BCUT2D eigenvalue weighted by molar-refractivity contribution is 9.10. The highest BCUT2D eigenvalue weighted by Gasteiger charge is 2.15. The van der Waals surface area contributed by atoms with E-state index in [2.05, 4.69) is 27.3 Å². The fourth-order valence-corrected chi connectivity index (χ4v) is 2.02. The predicted molar refractivity (Wildman–Crippen MR) is 74.4 cm³/mol. The molecule has 0 heterocycles. The molecule has 0 saturated carbocycles. The van der Waals surface area contributed by atoms with Gasteiger partial charge in [-0.15, -0.1) is 0 Å². The molecule has 0 aromatic heterocycles. The molecule has 0 bridgehead atoms. The second kappa shape index (κ2) is 6.86. The van der Waals surface area contributed by atoms with Crippen molar-refractivity contribution in [1.29, 1.82) is 5.26 Å². The van der Waals surface area contributed by atoms with Crippen molar-refractivity contribution in [2.75, 3.05) is 6.54 Å². The number of nitriles is 1. The van der Waals surface area contributed by atoms with Gasteiger partial charge in [0.05, 0.1) is 11.5 Å². The zero-order valence-electron chi connectivity index (χ0n) is 10.8. The van der Waals surface area contributed by atoms with Crippen LogP contribution in [0.4, 0.5) is 4.39 Å². The molecule has 4 heteroatoms. The van der Waals surface area contributed by atoms with Crippen molar-refractivity contribution in [2.24, 2.45) is 5.41 Å². The van der Waals surface area contributed by atoms with Crippen LogP contribution in [0.25, 0.3) is 0 Å². The van der Waals surface area contributed by atoms with Crippen LogP contribution in [0.2, 0.25) is 0 Å². The second-order valence-corrected chi connectivity index (χ2v) is 5.93. The first-order chi connectivity index (χ1) is 8.44. The molecule has 0 aliphatic carbocycles. The van der Waals surface area contributed by atoms with Crippen LogP contribution in [0.1, 0.15) is 32.3 Å². The Kier molecular flexibility index (Phi) is 5.77. The summed E-state index contributed by atoms with van der Waals surface area (Å²) < 4.78 is 14.3. The molecule has 1 rings (SSSR count). The lowest BCUT2D eigenvalue weighted by atomic mass is 9.90. The van der Waals surface area contributed by atoms with Crippen LogP contribution in [0.5, 0.6) is 0 Å². The average Bonchev–Trinajstić information content (AvgIpc) is 2.33. The van der Waals surface area contributed by atoms with E-state index in [-0.39, 0.29) is 11.2 Å². The van der Waals surface area contributed by atoms with E-state index >= 15 is 0 Å². The molecule has 1 aromatic carbocycles. The van der Waals surface area contributed by atoms with Crippen LogP contribution in [-0.4, -0.2) is 6.54 Å². The van der Waals surface area contributed by atoms with Gasteiger partial charge in [0.1, 0.15) is 5.82 Å². The topological polar surface area (TPSA) is 35.8 Å². The summed E-state index contributed by atoms with van der Waals surface area (Å²) in [5.41, 5.74) is 0.381. The number of hydrogen-bond donors (Lipinski definition) is 1. The Morgan fingerprint density at radius 1 is 1.44 bits per heavy atom. The predicted octanol–water partition coefficient (Wildman–Crippen LogP) is 4.01. The Bertz CT molecular complexity index is 438. The Morgan fingerprint density at radius 3 is 2.83 bits per heavy atom. The van der Waals surface area contributed by atoms with Crippen LogP contribution < -0.4 is 5.32 Å². The van der Waals surface area contributed by atoms with Crippen LogP contribution >= 0.6 is 15.9 Å². The molecule has 0 amide bonds. The normalized spacial score (nSPS) is 11.3. The van der Waals surface area contributed by atoms with Gasteiger partial charge in [0, 0.05) is 16.6 Å². The maximum Gasteiger partial charge on any atom is 0.127 e. The van der Waals surface area contributed by atoms with E-state index in [0.29, 0.717) is 12.1 Å². The molecular formula is C14H18BrFN2. The Labute approximate surface area is 116 Å². The molecule has 0 atom stereocenters. The van der Waals surface area contributed by atoms with Gasteiger partial charge in [0.2, 0.25) is 0 Å². The van der Waals surface area contributed by atoms with Gasteiger partial charge in [0.25, 0.3) is 0 Å². The number of rotatable bonds is 6. The largest absolute Gasteiger partial charge is 0.313 e. The van der Waals surface area contributed by atoms with Gasteiger partial charge in [0.15, 0.2) is 0 Å². The lowest BCUT2D eigenvalue weighted by Gasteiger charge is -2.14. The summed E-state index contributed by atoms with van der Waals surface area (Å²) in [6.07, 6.45) is 1.76. The molecule has 0 aliphatic heterocycles. The van der Waals surface area contributed by atoms with E-state index < -0.39 is 0 Å². The first-order valence-electron chi connectivity index (χ1n) is 6.00. The van der Waals surface area contributed by atoms with Gasteiger partial charge in [-0.1, -0.05) is 15.9 Å². The fourth-order valence-electron chi connectivity index (χ4n) is 1.61. The molecule has 1 aromatic rings. The Hall–Kier alpha value is -0.920. The van der Waals surface area contributed by atoms with E-state index in [4.69, 9.17) is 5.26 Å². The zero-order valence-corrected chi connectivity index (χ0v) is 12.3. The molecule has 0 aliphatic rings. The third-order valence-electron chi connectivity index (χ3n) is 2.78. The highest BCUT2D eigenvalue weighted by atomic mass is 79.9. The van der Waals surface area contributed by atoms with Crippen molar-refractivity contribution in [2.45, 2.75) is 33.2 Å². The maximum absolute atomic E-state index is 13.4. The monoisotopic (exact) mass is 312 g/mol. The van der Waals surface area contributed by atoms with E-state index in [1.165, 1.54) is 6.07 Å². The maximum atomic E-state index is 13.4. The molecule has 2 nitrogen and oxygen atoms in total. The van der Waals surface area contributed by atoms with Gasteiger partial charge in [-0.05, 0) is 51.4 Å². The zero-order chi connectivity index (χ0) is 13.6. The van der Waals surface area contributed by atoms with E-state index in [9.17, 15) is 4.39 Å². The van der Waals surface area contributed by atoms with E-state index in [1.54, 1.807) is 12.1 Å². The van der Waals surface area contributed by atoms with Crippen LogP contribution in [0, 0.1) is 22.6 Å². The lowest BCUT2D eigenvalue weighted by molar-refractivity contribution is 0.425. The van der Waals surface area contributed by atoms with Crippen molar-refractivity contribution < 1.29 is 4.39 Å². The molecule has 0 unspecified atom stereocenters. The SMILES string of the molecule is CC(C)(C#N)CCCNCc1cc(Br)ccc1F. The summed E-state index contributed by atoms with van der Waals surface area (Å²) in [6.45, 7) is 5.16. The third-order valence-corrected chi connectivity index (χ3v) is 3.27. The molecule has 0 spiro atoms. The molecule has 0 saturated heterocycles. The summed E-state index contributed by atoms with van der Waals surface area (Å²) >= 11 is 3.32. The molecule has 0 fully saturated rings. The molecule has 1 N–H and O–H groups in total. The average molecular weight is 313 g/mol. The minimum atomic E-state index is -0.275. The van der Waals surface area contributed by atoms with Gasteiger partial charge < -0.3 is 5.32 Å². The molecule has 0 radical (unpaired) electrons. The van der Waals surface area contributed by atoms with Crippen LogP contribution in [0.15, 0.2) is 22.7 Å². The van der Waals surface area contributed by atoms with Gasteiger partial charge in [-0.2, -0.15) is 5.26 Å². The van der Waals surface area contributed by atoms with Gasteiger partial charge in [-0.3, -0.25) is 0 Å². The number of nitrogens with zero attached hydrogens (tertiary/aromatic N) is 1. The lowest BCUT2D eigenvalue weighted by Crippen LogP contribution is -2.18. The Morgan fingerprint density at radius 2 is 2.17 bits per heavy atom. The summed E-state index contributed by atoms with van der Waals surface area (Å²) in [5.74, 6) is -0.192. The van der Waals surface area contributed by atoms with Crippen molar-refractivity contribution in [3.8, 4) is 6.07 Å². The second-order valence-electron chi connectivity index (χ2n) is 5.01. The first-order valence-corrected chi connectivity index (χ1v) is 6.80. The van der Waals surface area contributed by atoms with Crippen molar-refractivity contribution in [3.63, 3.8) is 0 Å². The van der Waals surface area contributed by atoms with Crippen molar-refractivity contribution >= 4 is 15.9 Å². The van der Waals surface area contributed by atoms with Crippen molar-refractivity contribution in [3.05, 3.63) is 34.1 Å². The minimum absolute atomic E-state index is 0.192. The summed E-state index contributed by atoms with van der Waals surface area (Å²) in [6, 6.07) is 7.20. The van der Waals surface area contributed by atoms with Crippen molar-refractivity contribution in [1.82, 2.24) is 5.32 Å². The number of hydrogen-bond acceptors (Lipinski definition) is 2. The third kappa shape index (κ3) is 5.16. The smallest absolute Gasteiger partial charge is 0.127 e. The number of halogens is 2.